The van der Waals surface area contributed by atoms with Gasteiger partial charge in [0.15, 0.2) is 0 Å². The van der Waals surface area contributed by atoms with Crippen molar-refractivity contribution in [3.8, 4) is 0 Å². The summed E-state index contributed by atoms with van der Waals surface area (Å²) in [6, 6.07) is 7.06. The molecule has 17 heavy (non-hydrogen) atoms. The highest BCUT2D eigenvalue weighted by Gasteiger charge is 2.11. The smallest absolute Gasteiger partial charge is 0.127 e. The minimum Gasteiger partial charge on any atom is -0.382 e. The minimum atomic E-state index is -0.128. The van der Waals surface area contributed by atoms with E-state index in [1.165, 1.54) is 6.07 Å². The molecular formula is C14H22FNO. The Morgan fingerprint density at radius 2 is 2.06 bits per heavy atom. The molecule has 0 aliphatic rings. The molecule has 3 heteroatoms. The summed E-state index contributed by atoms with van der Waals surface area (Å²) in [4.78, 5) is 0. The number of hydrogen-bond acceptors (Lipinski definition) is 2. The van der Waals surface area contributed by atoms with E-state index in [2.05, 4.69) is 12.2 Å². The van der Waals surface area contributed by atoms with Gasteiger partial charge in [-0.05, 0) is 32.4 Å². The Bertz CT molecular complexity index is 317. The van der Waals surface area contributed by atoms with Crippen LogP contribution in [-0.4, -0.2) is 19.8 Å². The molecule has 1 aromatic rings. The standard InChI is InChI=1S/C14H22FNO/c1-3-14(16-10-7-11-17-4-2)12-8-5-6-9-13(12)15/h5-6,8-9,14,16H,3-4,7,10-11H2,1-2H3. The second kappa shape index (κ2) is 8.20. The zero-order valence-electron chi connectivity index (χ0n) is 10.7. The van der Waals surface area contributed by atoms with Crippen LogP contribution < -0.4 is 5.32 Å². The maximum Gasteiger partial charge on any atom is 0.127 e. The quantitative estimate of drug-likeness (QED) is 0.703. The van der Waals surface area contributed by atoms with Crippen molar-refractivity contribution in [1.29, 1.82) is 0 Å². The van der Waals surface area contributed by atoms with Crippen LogP contribution in [0.5, 0.6) is 0 Å². The average molecular weight is 239 g/mol. The first-order valence-corrected chi connectivity index (χ1v) is 6.35. The van der Waals surface area contributed by atoms with Gasteiger partial charge >= 0.3 is 0 Å². The van der Waals surface area contributed by atoms with Crippen LogP contribution in [0.3, 0.4) is 0 Å². The zero-order valence-corrected chi connectivity index (χ0v) is 10.7. The van der Waals surface area contributed by atoms with Crippen LogP contribution >= 0.6 is 0 Å². The van der Waals surface area contributed by atoms with Gasteiger partial charge in [0.05, 0.1) is 0 Å². The summed E-state index contributed by atoms with van der Waals surface area (Å²) >= 11 is 0. The van der Waals surface area contributed by atoms with Crippen molar-refractivity contribution in [2.24, 2.45) is 0 Å². The summed E-state index contributed by atoms with van der Waals surface area (Å²) in [6.45, 7) is 6.42. The van der Waals surface area contributed by atoms with E-state index in [4.69, 9.17) is 4.74 Å². The number of halogens is 1. The largest absolute Gasteiger partial charge is 0.382 e. The molecule has 1 rings (SSSR count). The van der Waals surface area contributed by atoms with Crippen LogP contribution in [0.4, 0.5) is 4.39 Å². The van der Waals surface area contributed by atoms with Crippen molar-refractivity contribution in [3.63, 3.8) is 0 Å². The highest BCUT2D eigenvalue weighted by atomic mass is 19.1. The fourth-order valence-corrected chi connectivity index (χ4v) is 1.83. The van der Waals surface area contributed by atoms with Crippen LogP contribution in [-0.2, 0) is 4.74 Å². The molecule has 96 valence electrons. The molecule has 1 N–H and O–H groups in total. The monoisotopic (exact) mass is 239 g/mol. The van der Waals surface area contributed by atoms with E-state index < -0.39 is 0 Å². The van der Waals surface area contributed by atoms with Gasteiger partial charge in [-0.3, -0.25) is 0 Å². The van der Waals surface area contributed by atoms with Crippen molar-refractivity contribution in [3.05, 3.63) is 35.6 Å². The van der Waals surface area contributed by atoms with Gasteiger partial charge in [0.1, 0.15) is 5.82 Å². The first-order chi connectivity index (χ1) is 8.29. The van der Waals surface area contributed by atoms with E-state index in [1.54, 1.807) is 6.07 Å². The van der Waals surface area contributed by atoms with Gasteiger partial charge in [-0.25, -0.2) is 4.39 Å². The van der Waals surface area contributed by atoms with Crippen LogP contribution in [0, 0.1) is 5.82 Å². The number of ether oxygens (including phenoxy) is 1. The van der Waals surface area contributed by atoms with Crippen molar-refractivity contribution in [2.45, 2.75) is 32.7 Å². The molecule has 0 heterocycles. The van der Waals surface area contributed by atoms with Crippen molar-refractivity contribution in [1.82, 2.24) is 5.32 Å². The Balaban J connectivity index is 2.41. The molecule has 1 unspecified atom stereocenters. The van der Waals surface area contributed by atoms with Crippen LogP contribution in [0.2, 0.25) is 0 Å². The molecule has 0 amide bonds. The van der Waals surface area contributed by atoms with Gasteiger partial charge < -0.3 is 10.1 Å². The lowest BCUT2D eigenvalue weighted by Gasteiger charge is -2.18. The molecule has 0 bridgehead atoms. The molecule has 0 aromatic heterocycles. The lowest BCUT2D eigenvalue weighted by Crippen LogP contribution is -2.23. The number of hydrogen-bond donors (Lipinski definition) is 1. The molecule has 1 atom stereocenters. The highest BCUT2D eigenvalue weighted by Crippen LogP contribution is 2.19. The van der Waals surface area contributed by atoms with E-state index in [9.17, 15) is 4.39 Å². The number of benzene rings is 1. The molecule has 0 fully saturated rings. The maximum absolute atomic E-state index is 13.6. The van der Waals surface area contributed by atoms with Crippen LogP contribution in [0.25, 0.3) is 0 Å². The fourth-order valence-electron chi connectivity index (χ4n) is 1.83. The zero-order chi connectivity index (χ0) is 12.5. The van der Waals surface area contributed by atoms with Gasteiger partial charge in [-0.2, -0.15) is 0 Å². The highest BCUT2D eigenvalue weighted by molar-refractivity contribution is 5.20. The second-order valence-electron chi connectivity index (χ2n) is 3.99. The summed E-state index contributed by atoms with van der Waals surface area (Å²) in [5.41, 5.74) is 0.756. The molecule has 2 nitrogen and oxygen atoms in total. The van der Waals surface area contributed by atoms with Gasteiger partial charge in [-0.15, -0.1) is 0 Å². The second-order valence-corrected chi connectivity index (χ2v) is 3.99. The fraction of sp³-hybridized carbons (Fsp3) is 0.571. The Labute approximate surface area is 103 Å². The summed E-state index contributed by atoms with van der Waals surface area (Å²) in [7, 11) is 0. The molecule has 0 radical (unpaired) electrons. The Morgan fingerprint density at radius 3 is 2.71 bits per heavy atom. The number of nitrogens with one attached hydrogen (secondary N) is 1. The van der Waals surface area contributed by atoms with E-state index in [0.29, 0.717) is 0 Å². The minimum absolute atomic E-state index is 0.0952. The maximum atomic E-state index is 13.6. The molecule has 0 spiro atoms. The van der Waals surface area contributed by atoms with Gasteiger partial charge in [0, 0.05) is 24.8 Å². The van der Waals surface area contributed by atoms with Gasteiger partial charge in [-0.1, -0.05) is 25.1 Å². The van der Waals surface area contributed by atoms with E-state index in [0.717, 1.165) is 38.2 Å². The van der Waals surface area contributed by atoms with Crippen LogP contribution in [0.15, 0.2) is 24.3 Å². The molecule has 0 saturated heterocycles. The first-order valence-electron chi connectivity index (χ1n) is 6.35. The average Bonchev–Trinajstić information content (AvgIpc) is 2.35. The summed E-state index contributed by atoms with van der Waals surface area (Å²) < 4.78 is 18.9. The van der Waals surface area contributed by atoms with E-state index in [1.807, 2.05) is 19.1 Å². The summed E-state index contributed by atoms with van der Waals surface area (Å²) in [5.74, 6) is -0.128. The van der Waals surface area contributed by atoms with Crippen LogP contribution in [0.1, 0.15) is 38.3 Å². The van der Waals surface area contributed by atoms with E-state index >= 15 is 0 Å². The Hall–Kier alpha value is -0.930. The third-order valence-electron chi connectivity index (χ3n) is 2.75. The SMILES string of the molecule is CCOCCCNC(CC)c1ccccc1F. The van der Waals surface area contributed by atoms with Gasteiger partial charge in [0.2, 0.25) is 0 Å². The third-order valence-corrected chi connectivity index (χ3v) is 2.75. The van der Waals surface area contributed by atoms with Gasteiger partial charge in [0.25, 0.3) is 0 Å². The van der Waals surface area contributed by atoms with Crippen molar-refractivity contribution in [2.75, 3.05) is 19.8 Å². The Kier molecular flexibility index (Phi) is 6.82. The predicted molar refractivity (Wildman–Crippen MR) is 68.5 cm³/mol. The van der Waals surface area contributed by atoms with E-state index in [-0.39, 0.29) is 11.9 Å². The molecule has 0 aliphatic carbocycles. The lowest BCUT2D eigenvalue weighted by molar-refractivity contribution is 0.144. The summed E-state index contributed by atoms with van der Waals surface area (Å²) in [6.07, 6.45) is 1.84. The topological polar surface area (TPSA) is 21.3 Å². The van der Waals surface area contributed by atoms with Crippen molar-refractivity contribution < 1.29 is 9.13 Å². The number of rotatable bonds is 8. The predicted octanol–water partition coefficient (Wildman–Crippen LogP) is 3.29. The summed E-state index contributed by atoms with van der Waals surface area (Å²) in [5, 5.41) is 3.37. The molecular weight excluding hydrogens is 217 g/mol. The molecule has 1 aromatic carbocycles. The lowest BCUT2D eigenvalue weighted by atomic mass is 10.0. The molecule has 0 saturated carbocycles. The normalized spacial score (nSPS) is 12.6. The van der Waals surface area contributed by atoms with Crippen molar-refractivity contribution >= 4 is 0 Å². The Morgan fingerprint density at radius 1 is 1.29 bits per heavy atom. The third kappa shape index (κ3) is 4.84. The molecule has 0 aliphatic heterocycles. The first kappa shape index (κ1) is 14.1.